The molecule has 0 bridgehead atoms. The number of methoxy groups -OCH3 is 1. The van der Waals surface area contributed by atoms with Crippen molar-refractivity contribution >= 4 is 41.3 Å². The van der Waals surface area contributed by atoms with Crippen LogP contribution in [0.3, 0.4) is 0 Å². The number of amides is 2. The molecule has 2 amide bonds. The van der Waals surface area contributed by atoms with Crippen LogP contribution in [0.4, 0.5) is 0 Å². The number of ether oxygens (including phenoxy) is 2. The fourth-order valence-electron chi connectivity index (χ4n) is 4.37. The summed E-state index contributed by atoms with van der Waals surface area (Å²) in [6.45, 7) is -0.201. The van der Waals surface area contributed by atoms with E-state index in [0.29, 0.717) is 22.0 Å². The highest BCUT2D eigenvalue weighted by Crippen LogP contribution is 2.46. The number of nitrogens with zero attached hydrogens (tertiary/aromatic N) is 2. The smallest absolute Gasteiger partial charge is 0.356 e. The number of pyridine rings is 1. The number of carbonyl (C=O) groups is 3. The van der Waals surface area contributed by atoms with E-state index >= 15 is 0 Å². The van der Waals surface area contributed by atoms with E-state index in [1.807, 2.05) is 30.3 Å². The van der Waals surface area contributed by atoms with Crippen LogP contribution in [-0.2, 0) is 38.8 Å². The zero-order chi connectivity index (χ0) is 28.1. The Balaban J connectivity index is 1.36. The molecule has 3 heterocycles. The molecule has 0 unspecified atom stereocenters. The van der Waals surface area contributed by atoms with Crippen molar-refractivity contribution in [1.82, 2.24) is 15.2 Å². The summed E-state index contributed by atoms with van der Waals surface area (Å²) in [5.41, 5.74) is 2.38. The number of rotatable bonds is 10. The van der Waals surface area contributed by atoms with E-state index in [1.54, 1.807) is 49.8 Å². The monoisotopic (exact) mass is 577 g/mol. The molecular formula is C29H27N3O6S2. The third kappa shape index (κ3) is 6.01. The minimum Gasteiger partial charge on any atom is -0.497 e. The van der Waals surface area contributed by atoms with E-state index in [0.717, 1.165) is 16.0 Å². The molecule has 3 aromatic rings. The number of β-lactam (4-membered cyclic amide) rings is 1. The summed E-state index contributed by atoms with van der Waals surface area (Å²) >= 11 is 2.76. The van der Waals surface area contributed by atoms with Gasteiger partial charge in [0.2, 0.25) is 5.91 Å². The third-order valence-corrected chi connectivity index (χ3v) is 9.11. The van der Waals surface area contributed by atoms with Crippen LogP contribution in [-0.4, -0.2) is 57.1 Å². The molecule has 0 radical (unpaired) electrons. The second-order valence-corrected chi connectivity index (χ2v) is 11.3. The Morgan fingerprint density at radius 1 is 1.12 bits per heavy atom. The Kier molecular flexibility index (Phi) is 8.73. The van der Waals surface area contributed by atoms with Crippen LogP contribution in [0.25, 0.3) is 0 Å². The second kappa shape index (κ2) is 12.6. The average Bonchev–Trinajstić information content (AvgIpc) is 2.99. The summed E-state index contributed by atoms with van der Waals surface area (Å²) in [5.74, 6) is -0.158. The van der Waals surface area contributed by atoms with Crippen LogP contribution in [0.2, 0.25) is 0 Å². The lowest BCUT2D eigenvalue weighted by molar-refractivity contribution is -0.153. The Morgan fingerprint density at radius 3 is 2.62 bits per heavy atom. The van der Waals surface area contributed by atoms with Gasteiger partial charge in [-0.3, -0.25) is 19.5 Å². The summed E-state index contributed by atoms with van der Waals surface area (Å²) in [6.07, 6.45) is 3.33. The molecular weight excluding hydrogens is 550 g/mol. The number of hydrogen-bond acceptors (Lipinski definition) is 9. The number of hydrogen-bond donors (Lipinski definition) is 2. The predicted molar refractivity (Wildman–Crippen MR) is 151 cm³/mol. The number of thioether (sulfide) groups is 2. The van der Waals surface area contributed by atoms with E-state index in [4.69, 9.17) is 9.47 Å². The van der Waals surface area contributed by atoms with Crippen molar-refractivity contribution in [2.45, 2.75) is 35.9 Å². The van der Waals surface area contributed by atoms with Crippen LogP contribution in [0, 0.1) is 0 Å². The first-order chi connectivity index (χ1) is 19.5. The minimum atomic E-state index is -0.744. The number of aliphatic hydroxyl groups excluding tert-OH is 1. The molecule has 206 valence electrons. The second-order valence-electron chi connectivity index (χ2n) is 9.06. The Bertz CT molecular complexity index is 1430. The highest BCUT2D eigenvalue weighted by Gasteiger charge is 2.54. The first kappa shape index (κ1) is 27.8. The first-order valence-electron chi connectivity index (χ1n) is 12.5. The first-order valence-corrected chi connectivity index (χ1v) is 14.4. The lowest BCUT2D eigenvalue weighted by Crippen LogP contribution is -2.70. The predicted octanol–water partition coefficient (Wildman–Crippen LogP) is 3.27. The van der Waals surface area contributed by atoms with Gasteiger partial charge in [0.1, 0.15) is 29.5 Å². The van der Waals surface area contributed by atoms with Crippen molar-refractivity contribution in [3.63, 3.8) is 0 Å². The zero-order valence-corrected chi connectivity index (χ0v) is 23.2. The SMILES string of the molecule is COc1ccc(COC(=O)C2=C(Sc3ccncc3CO)CS[C@H]3[C@H](NC(=O)Cc4ccccc4)C(=O)N23)cc1. The van der Waals surface area contributed by atoms with Crippen LogP contribution in [0.1, 0.15) is 16.7 Å². The number of carbonyl (C=O) groups excluding carboxylic acids is 3. The summed E-state index contributed by atoms with van der Waals surface area (Å²) < 4.78 is 10.8. The van der Waals surface area contributed by atoms with Gasteiger partial charge in [0.15, 0.2) is 0 Å². The van der Waals surface area contributed by atoms with Gasteiger partial charge >= 0.3 is 5.97 Å². The molecule has 1 aromatic heterocycles. The zero-order valence-electron chi connectivity index (χ0n) is 21.6. The van der Waals surface area contributed by atoms with Gasteiger partial charge in [-0.25, -0.2) is 4.79 Å². The van der Waals surface area contributed by atoms with Gasteiger partial charge < -0.3 is 19.9 Å². The summed E-state index contributed by atoms with van der Waals surface area (Å²) in [4.78, 5) is 46.4. The largest absolute Gasteiger partial charge is 0.497 e. The van der Waals surface area contributed by atoms with Crippen molar-refractivity contribution in [3.05, 3.63) is 100 Å². The third-order valence-electron chi connectivity index (χ3n) is 6.44. The fraction of sp³-hybridized carbons (Fsp3) is 0.241. The number of esters is 1. The molecule has 0 saturated carbocycles. The summed E-state index contributed by atoms with van der Waals surface area (Å²) in [5, 5.41) is 12.2. The molecule has 1 saturated heterocycles. The Morgan fingerprint density at radius 2 is 1.90 bits per heavy atom. The minimum absolute atomic E-state index is 0.0124. The highest BCUT2D eigenvalue weighted by atomic mass is 32.2. The normalized spacial score (nSPS) is 18.1. The standard InChI is InChI=1S/C29H27N3O6S2/c1-37-21-9-7-19(8-10-21)16-38-29(36)26-23(40-22-11-12-30-14-20(22)15-33)17-39-28-25(27(35)32(26)28)31-24(34)13-18-5-3-2-4-6-18/h2-12,14,25,28,33H,13,15-17H2,1H3,(H,31,34)/t25-,28+/m1/s1. The van der Waals surface area contributed by atoms with Gasteiger partial charge in [-0.05, 0) is 29.3 Å². The molecule has 2 aliphatic rings. The fourth-order valence-corrected chi connectivity index (χ4v) is 6.92. The Labute approximate surface area is 240 Å². The van der Waals surface area contributed by atoms with Gasteiger partial charge in [0.05, 0.1) is 20.1 Å². The molecule has 9 nitrogen and oxygen atoms in total. The average molecular weight is 578 g/mol. The molecule has 2 atom stereocenters. The number of benzene rings is 2. The lowest BCUT2D eigenvalue weighted by atomic mass is 10.0. The van der Waals surface area contributed by atoms with Gasteiger partial charge in [-0.1, -0.05) is 54.2 Å². The molecule has 2 N–H and O–H groups in total. The molecule has 0 aliphatic carbocycles. The van der Waals surface area contributed by atoms with Crippen molar-refractivity contribution in [3.8, 4) is 5.75 Å². The van der Waals surface area contributed by atoms with E-state index < -0.39 is 17.4 Å². The van der Waals surface area contributed by atoms with Gasteiger partial charge in [0, 0.05) is 33.5 Å². The van der Waals surface area contributed by atoms with Crippen LogP contribution < -0.4 is 10.1 Å². The molecule has 5 rings (SSSR count). The van der Waals surface area contributed by atoms with Crippen molar-refractivity contribution in [2.24, 2.45) is 0 Å². The molecule has 0 spiro atoms. The number of fused-ring (bicyclic) bond motifs is 1. The van der Waals surface area contributed by atoms with E-state index in [-0.39, 0.29) is 37.1 Å². The number of aliphatic hydroxyl groups is 1. The molecule has 1 fully saturated rings. The number of aromatic nitrogens is 1. The van der Waals surface area contributed by atoms with Crippen molar-refractivity contribution in [2.75, 3.05) is 12.9 Å². The van der Waals surface area contributed by atoms with Crippen LogP contribution in [0.5, 0.6) is 5.75 Å². The van der Waals surface area contributed by atoms with Crippen molar-refractivity contribution in [1.29, 1.82) is 0 Å². The topological polar surface area (TPSA) is 118 Å². The maximum Gasteiger partial charge on any atom is 0.356 e. The van der Waals surface area contributed by atoms with Gasteiger partial charge in [0.25, 0.3) is 5.91 Å². The van der Waals surface area contributed by atoms with Crippen molar-refractivity contribution < 1.29 is 29.0 Å². The molecule has 2 aromatic carbocycles. The van der Waals surface area contributed by atoms with E-state index in [9.17, 15) is 19.5 Å². The summed E-state index contributed by atoms with van der Waals surface area (Å²) in [7, 11) is 1.57. The van der Waals surface area contributed by atoms with Crippen LogP contribution >= 0.6 is 23.5 Å². The maximum atomic E-state index is 13.5. The van der Waals surface area contributed by atoms with E-state index in [2.05, 4.69) is 10.3 Å². The number of nitrogens with one attached hydrogen (secondary N) is 1. The van der Waals surface area contributed by atoms with Gasteiger partial charge in [-0.15, -0.1) is 11.8 Å². The molecule has 2 aliphatic heterocycles. The van der Waals surface area contributed by atoms with E-state index in [1.165, 1.54) is 28.4 Å². The van der Waals surface area contributed by atoms with Crippen LogP contribution in [0.15, 0.2) is 88.6 Å². The molecule has 40 heavy (non-hydrogen) atoms. The molecule has 11 heteroatoms. The van der Waals surface area contributed by atoms with Gasteiger partial charge in [-0.2, -0.15) is 0 Å². The lowest BCUT2D eigenvalue weighted by Gasteiger charge is -2.49. The highest BCUT2D eigenvalue weighted by molar-refractivity contribution is 8.06. The summed E-state index contributed by atoms with van der Waals surface area (Å²) in [6, 6.07) is 17.5. The quantitative estimate of drug-likeness (QED) is 0.277. The Hall–Kier alpha value is -3.80. The maximum absolute atomic E-state index is 13.5.